The van der Waals surface area contributed by atoms with Gasteiger partial charge in [0.25, 0.3) is 0 Å². The van der Waals surface area contributed by atoms with Crippen LogP contribution in [0.3, 0.4) is 0 Å². The summed E-state index contributed by atoms with van der Waals surface area (Å²) in [4.78, 5) is 0.458. The van der Waals surface area contributed by atoms with Crippen molar-refractivity contribution in [3.8, 4) is 6.07 Å². The van der Waals surface area contributed by atoms with Crippen LogP contribution in [-0.4, -0.2) is 16.8 Å². The quantitative estimate of drug-likeness (QED) is 0.902. The van der Waals surface area contributed by atoms with Crippen molar-refractivity contribution >= 4 is 11.8 Å². The summed E-state index contributed by atoms with van der Waals surface area (Å²) in [5.41, 5.74) is -0.527. The number of nitriles is 1. The molecular formula is C16H20F2N2S. The van der Waals surface area contributed by atoms with E-state index >= 15 is 0 Å². The Morgan fingerprint density at radius 3 is 2.81 bits per heavy atom. The number of rotatable bonds is 4. The highest BCUT2D eigenvalue weighted by molar-refractivity contribution is 8.00. The van der Waals surface area contributed by atoms with Gasteiger partial charge in [-0.1, -0.05) is 0 Å². The molecule has 0 saturated heterocycles. The van der Waals surface area contributed by atoms with Crippen molar-refractivity contribution in [3.63, 3.8) is 0 Å². The monoisotopic (exact) mass is 310 g/mol. The van der Waals surface area contributed by atoms with Gasteiger partial charge in [0.15, 0.2) is 0 Å². The van der Waals surface area contributed by atoms with Gasteiger partial charge in [-0.05, 0) is 51.7 Å². The van der Waals surface area contributed by atoms with Crippen molar-refractivity contribution in [3.05, 3.63) is 29.8 Å². The summed E-state index contributed by atoms with van der Waals surface area (Å²) in [5.74, 6) is -1.08. The Morgan fingerprint density at radius 1 is 1.43 bits per heavy atom. The largest absolute Gasteiger partial charge is 0.297 e. The van der Waals surface area contributed by atoms with E-state index in [1.54, 1.807) is 0 Å². The zero-order valence-electron chi connectivity index (χ0n) is 12.3. The van der Waals surface area contributed by atoms with Crippen LogP contribution in [0.5, 0.6) is 0 Å². The van der Waals surface area contributed by atoms with E-state index in [9.17, 15) is 14.0 Å². The second-order valence-electron chi connectivity index (χ2n) is 5.90. The first-order valence-corrected chi connectivity index (χ1v) is 8.13. The highest BCUT2D eigenvalue weighted by atomic mass is 32.2. The van der Waals surface area contributed by atoms with E-state index in [1.807, 2.05) is 13.8 Å². The van der Waals surface area contributed by atoms with Gasteiger partial charge in [-0.15, -0.1) is 11.8 Å². The Labute approximate surface area is 128 Å². The normalized spacial score (nSPS) is 25.8. The molecule has 1 aliphatic carbocycles. The zero-order chi connectivity index (χ0) is 15.5. The van der Waals surface area contributed by atoms with Crippen molar-refractivity contribution in [1.82, 2.24) is 5.32 Å². The summed E-state index contributed by atoms with van der Waals surface area (Å²) >= 11 is 1.41. The van der Waals surface area contributed by atoms with E-state index in [4.69, 9.17) is 0 Å². The molecular weight excluding hydrogens is 290 g/mol. The molecule has 0 spiro atoms. The first kappa shape index (κ1) is 16.3. The Balaban J connectivity index is 2.09. The topological polar surface area (TPSA) is 35.8 Å². The number of benzene rings is 1. The highest BCUT2D eigenvalue weighted by Crippen LogP contribution is 2.39. The second-order valence-corrected chi connectivity index (χ2v) is 7.25. The number of thioether (sulfide) groups is 1. The van der Waals surface area contributed by atoms with Crippen molar-refractivity contribution in [2.75, 3.05) is 0 Å². The van der Waals surface area contributed by atoms with Crippen LogP contribution in [0.1, 0.15) is 39.5 Å². The molecule has 0 radical (unpaired) electrons. The minimum atomic E-state index is -0.562. The van der Waals surface area contributed by atoms with E-state index in [-0.39, 0.29) is 11.3 Å². The minimum absolute atomic E-state index is 0.171. The van der Waals surface area contributed by atoms with Gasteiger partial charge in [0.1, 0.15) is 17.2 Å². The summed E-state index contributed by atoms with van der Waals surface area (Å²) in [6.45, 7) is 4.05. The molecule has 1 N–H and O–H groups in total. The molecule has 1 fully saturated rings. The van der Waals surface area contributed by atoms with Gasteiger partial charge in [0.2, 0.25) is 0 Å². The van der Waals surface area contributed by atoms with Crippen molar-refractivity contribution in [2.24, 2.45) is 0 Å². The third-order valence-electron chi connectivity index (χ3n) is 3.67. The van der Waals surface area contributed by atoms with Gasteiger partial charge < -0.3 is 0 Å². The lowest BCUT2D eigenvalue weighted by atomic mass is 9.82. The Bertz CT molecular complexity index is 542. The Morgan fingerprint density at radius 2 is 2.19 bits per heavy atom. The molecule has 1 aromatic rings. The maximum Gasteiger partial charge on any atom is 0.139 e. The lowest BCUT2D eigenvalue weighted by Crippen LogP contribution is -2.51. The summed E-state index contributed by atoms with van der Waals surface area (Å²) in [5, 5.41) is 13.0. The molecule has 0 bridgehead atoms. The average molecular weight is 310 g/mol. The molecule has 0 aliphatic heterocycles. The maximum absolute atomic E-state index is 13.7. The number of nitrogens with zero attached hydrogens (tertiary/aromatic N) is 1. The Kier molecular flexibility index (Phi) is 5.23. The van der Waals surface area contributed by atoms with Crippen LogP contribution in [0.15, 0.2) is 23.1 Å². The van der Waals surface area contributed by atoms with Gasteiger partial charge in [0, 0.05) is 22.3 Å². The van der Waals surface area contributed by atoms with E-state index < -0.39 is 17.2 Å². The predicted octanol–water partition coefficient (Wildman–Crippen LogP) is 4.26. The van der Waals surface area contributed by atoms with E-state index in [0.29, 0.717) is 11.3 Å². The van der Waals surface area contributed by atoms with Crippen LogP contribution in [-0.2, 0) is 0 Å². The zero-order valence-corrected chi connectivity index (χ0v) is 13.1. The minimum Gasteiger partial charge on any atom is -0.297 e. The molecule has 1 saturated carbocycles. The molecule has 2 rings (SSSR count). The Hall–Kier alpha value is -1.12. The van der Waals surface area contributed by atoms with Gasteiger partial charge in [-0.25, -0.2) is 8.78 Å². The lowest BCUT2D eigenvalue weighted by Gasteiger charge is -2.37. The predicted molar refractivity (Wildman–Crippen MR) is 81.1 cm³/mol. The van der Waals surface area contributed by atoms with E-state index in [1.165, 1.54) is 23.9 Å². The second kappa shape index (κ2) is 6.76. The first-order valence-electron chi connectivity index (χ1n) is 7.25. The molecule has 2 unspecified atom stereocenters. The number of hydrogen-bond acceptors (Lipinski definition) is 3. The SMILES string of the molecule is CC(C)NC1(C#N)CCCC(Sc2ccc(F)cc2F)C1. The standard InChI is InChI=1S/C16H20F2N2S/c1-11(2)20-16(10-19)7-3-4-13(9-16)21-15-6-5-12(17)8-14(15)18/h5-6,8,11,13,20H,3-4,7,9H2,1-2H3. The number of hydrogen-bond donors (Lipinski definition) is 1. The molecule has 1 aliphatic rings. The van der Waals surface area contributed by atoms with Gasteiger partial charge >= 0.3 is 0 Å². The maximum atomic E-state index is 13.7. The first-order chi connectivity index (χ1) is 9.94. The smallest absolute Gasteiger partial charge is 0.139 e. The van der Waals surface area contributed by atoms with Crippen molar-refractivity contribution < 1.29 is 8.78 Å². The third-order valence-corrected chi connectivity index (χ3v) is 4.99. The van der Waals surface area contributed by atoms with Crippen LogP contribution in [0.2, 0.25) is 0 Å². The van der Waals surface area contributed by atoms with Crippen LogP contribution in [0.25, 0.3) is 0 Å². The van der Waals surface area contributed by atoms with E-state index in [2.05, 4.69) is 11.4 Å². The van der Waals surface area contributed by atoms with Gasteiger partial charge in [-0.3, -0.25) is 5.32 Å². The summed E-state index contributed by atoms with van der Waals surface area (Å²) in [6, 6.07) is 6.31. The van der Waals surface area contributed by atoms with E-state index in [0.717, 1.165) is 25.3 Å². The molecule has 2 nitrogen and oxygen atoms in total. The fraction of sp³-hybridized carbons (Fsp3) is 0.562. The molecule has 5 heteroatoms. The molecule has 1 aromatic carbocycles. The van der Waals surface area contributed by atoms with Gasteiger partial charge in [-0.2, -0.15) is 5.26 Å². The summed E-state index contributed by atoms with van der Waals surface area (Å²) in [6.07, 6.45) is 3.40. The fourth-order valence-electron chi connectivity index (χ4n) is 2.89. The third kappa shape index (κ3) is 4.18. The highest BCUT2D eigenvalue weighted by Gasteiger charge is 2.37. The molecule has 0 heterocycles. The molecule has 114 valence electrons. The summed E-state index contributed by atoms with van der Waals surface area (Å²) in [7, 11) is 0. The van der Waals surface area contributed by atoms with Crippen LogP contribution >= 0.6 is 11.8 Å². The summed E-state index contributed by atoms with van der Waals surface area (Å²) < 4.78 is 26.7. The average Bonchev–Trinajstić information content (AvgIpc) is 2.41. The number of nitrogens with one attached hydrogen (secondary N) is 1. The molecule has 2 atom stereocenters. The molecule has 0 aromatic heterocycles. The number of halogens is 2. The van der Waals surface area contributed by atoms with Gasteiger partial charge in [0.05, 0.1) is 6.07 Å². The van der Waals surface area contributed by atoms with Crippen LogP contribution in [0, 0.1) is 23.0 Å². The molecule has 0 amide bonds. The lowest BCUT2D eigenvalue weighted by molar-refractivity contribution is 0.284. The van der Waals surface area contributed by atoms with Crippen LogP contribution < -0.4 is 5.32 Å². The van der Waals surface area contributed by atoms with Crippen molar-refractivity contribution in [1.29, 1.82) is 5.26 Å². The van der Waals surface area contributed by atoms with Crippen molar-refractivity contribution in [2.45, 2.75) is 61.3 Å². The molecule has 21 heavy (non-hydrogen) atoms. The fourth-order valence-corrected chi connectivity index (χ4v) is 4.22. The van der Waals surface area contributed by atoms with Crippen LogP contribution in [0.4, 0.5) is 8.78 Å².